The average Bonchev–Trinajstić information content (AvgIpc) is 2.79. The Kier molecular flexibility index (Phi) is 7.42. The first kappa shape index (κ1) is 24.2. The van der Waals surface area contributed by atoms with E-state index in [1.165, 1.54) is 18.3 Å². The van der Waals surface area contributed by atoms with E-state index in [-0.39, 0.29) is 11.4 Å². The van der Waals surface area contributed by atoms with Crippen LogP contribution in [0.4, 0.5) is 18.9 Å². The van der Waals surface area contributed by atoms with Gasteiger partial charge in [0.05, 0.1) is 17.3 Å². The van der Waals surface area contributed by atoms with Gasteiger partial charge in [-0.2, -0.15) is 18.3 Å². The van der Waals surface area contributed by atoms with Crippen LogP contribution in [0, 0.1) is 6.92 Å². The van der Waals surface area contributed by atoms with E-state index >= 15 is 0 Å². The van der Waals surface area contributed by atoms with Crippen molar-refractivity contribution >= 4 is 29.7 Å². The van der Waals surface area contributed by atoms with Crippen molar-refractivity contribution in [2.45, 2.75) is 13.1 Å². The molecular weight excluding hydrogens is 451 g/mol. The van der Waals surface area contributed by atoms with Gasteiger partial charge in [-0.25, -0.2) is 10.2 Å². The molecule has 3 aromatic carbocycles. The lowest BCUT2D eigenvalue weighted by atomic mass is 10.1. The molecule has 2 N–H and O–H groups in total. The van der Waals surface area contributed by atoms with Crippen LogP contribution >= 0.6 is 0 Å². The fraction of sp³-hybridized carbons (Fsp3) is 0.0833. The number of esters is 1. The number of hydrogen-bond acceptors (Lipinski definition) is 5. The predicted octanol–water partition coefficient (Wildman–Crippen LogP) is 4.32. The van der Waals surface area contributed by atoms with E-state index in [9.17, 15) is 27.6 Å². The molecule has 0 saturated heterocycles. The molecule has 2 amide bonds. The molecule has 3 rings (SSSR count). The number of nitrogens with one attached hydrogen (secondary N) is 2. The zero-order valence-corrected chi connectivity index (χ0v) is 17.7. The van der Waals surface area contributed by atoms with Gasteiger partial charge < -0.3 is 10.1 Å². The molecule has 0 aliphatic heterocycles. The minimum absolute atomic E-state index is 0.193. The SMILES string of the molecule is Cc1cccc(C(=O)Oc2cccc(/C=N/NC(=O)C(=O)Nc3cccc(C(F)(F)F)c3)c2)c1. The number of alkyl halides is 3. The average molecular weight is 469 g/mol. The highest BCUT2D eigenvalue weighted by Crippen LogP contribution is 2.30. The van der Waals surface area contributed by atoms with Crippen LogP contribution in [0.15, 0.2) is 77.9 Å². The third kappa shape index (κ3) is 6.76. The molecule has 0 heterocycles. The van der Waals surface area contributed by atoms with E-state index in [0.717, 1.165) is 17.7 Å². The minimum Gasteiger partial charge on any atom is -0.423 e. The smallest absolute Gasteiger partial charge is 0.416 e. The number of amides is 2. The molecule has 0 radical (unpaired) electrons. The van der Waals surface area contributed by atoms with Crippen molar-refractivity contribution in [3.05, 3.63) is 95.1 Å². The number of nitrogens with zero attached hydrogens (tertiary/aromatic N) is 1. The van der Waals surface area contributed by atoms with Crippen molar-refractivity contribution < 1.29 is 32.3 Å². The molecule has 34 heavy (non-hydrogen) atoms. The standard InChI is InChI=1S/C24H18F3N3O4/c1-15-5-2-7-17(11-15)23(33)34-20-10-3-6-16(12-20)14-28-30-22(32)21(31)29-19-9-4-8-18(13-19)24(25,26)27/h2-14H,1H3,(H,29,31)(H,30,32)/b28-14+. The number of anilines is 1. The molecule has 0 atom stereocenters. The zero-order valence-electron chi connectivity index (χ0n) is 17.7. The minimum atomic E-state index is -4.59. The van der Waals surface area contributed by atoms with Crippen LogP contribution in [0.25, 0.3) is 0 Å². The van der Waals surface area contributed by atoms with Crippen molar-refractivity contribution in [1.29, 1.82) is 0 Å². The maximum atomic E-state index is 12.8. The van der Waals surface area contributed by atoms with E-state index in [2.05, 4.69) is 10.4 Å². The number of carbonyl (C=O) groups excluding carboxylic acids is 3. The first-order valence-corrected chi connectivity index (χ1v) is 9.82. The van der Waals surface area contributed by atoms with Gasteiger partial charge in [0.2, 0.25) is 0 Å². The maximum absolute atomic E-state index is 12.8. The lowest BCUT2D eigenvalue weighted by Crippen LogP contribution is -2.32. The largest absolute Gasteiger partial charge is 0.423 e. The first-order chi connectivity index (χ1) is 16.1. The number of halogens is 3. The molecule has 0 aliphatic carbocycles. The summed E-state index contributed by atoms with van der Waals surface area (Å²) in [4.78, 5) is 36.1. The first-order valence-electron chi connectivity index (χ1n) is 9.82. The second-order valence-electron chi connectivity index (χ2n) is 7.06. The quantitative estimate of drug-likeness (QED) is 0.191. The second-order valence-corrected chi connectivity index (χ2v) is 7.06. The summed E-state index contributed by atoms with van der Waals surface area (Å²) in [6.07, 6.45) is -3.38. The summed E-state index contributed by atoms with van der Waals surface area (Å²) in [6, 6.07) is 17.0. The van der Waals surface area contributed by atoms with Crippen molar-refractivity contribution in [2.75, 3.05) is 5.32 Å². The van der Waals surface area contributed by atoms with Crippen LogP contribution in [0.3, 0.4) is 0 Å². The molecule has 0 aliphatic rings. The highest BCUT2D eigenvalue weighted by molar-refractivity contribution is 6.39. The van der Waals surface area contributed by atoms with Crippen LogP contribution in [0.1, 0.15) is 27.0 Å². The molecule has 0 saturated carbocycles. The summed E-state index contributed by atoms with van der Waals surface area (Å²) in [5.74, 6) is -2.69. The van der Waals surface area contributed by atoms with Gasteiger partial charge in [-0.3, -0.25) is 9.59 Å². The Labute approximate surface area is 192 Å². The lowest BCUT2D eigenvalue weighted by molar-refractivity contribution is -0.137. The van der Waals surface area contributed by atoms with E-state index in [4.69, 9.17) is 4.74 Å². The Morgan fingerprint density at radius 1 is 0.912 bits per heavy atom. The van der Waals surface area contributed by atoms with Crippen LogP contribution in [-0.4, -0.2) is 24.0 Å². The molecular formula is C24H18F3N3O4. The Morgan fingerprint density at radius 2 is 1.65 bits per heavy atom. The Bertz CT molecular complexity index is 1260. The van der Waals surface area contributed by atoms with Gasteiger partial charge in [-0.15, -0.1) is 0 Å². The van der Waals surface area contributed by atoms with Gasteiger partial charge in [0.1, 0.15) is 5.75 Å². The highest BCUT2D eigenvalue weighted by atomic mass is 19.4. The molecule has 0 fully saturated rings. The van der Waals surface area contributed by atoms with Crippen molar-refractivity contribution in [3.8, 4) is 5.75 Å². The molecule has 0 aromatic heterocycles. The van der Waals surface area contributed by atoms with Crippen LogP contribution < -0.4 is 15.5 Å². The fourth-order valence-corrected chi connectivity index (χ4v) is 2.77. The van der Waals surface area contributed by atoms with E-state index in [0.29, 0.717) is 17.2 Å². The Balaban J connectivity index is 1.57. The summed E-state index contributed by atoms with van der Waals surface area (Å²) in [6.45, 7) is 1.85. The van der Waals surface area contributed by atoms with Crippen LogP contribution in [-0.2, 0) is 15.8 Å². The van der Waals surface area contributed by atoms with Gasteiger partial charge in [0.15, 0.2) is 0 Å². The number of carbonyl (C=O) groups is 3. The van der Waals surface area contributed by atoms with Crippen LogP contribution in [0.5, 0.6) is 5.75 Å². The summed E-state index contributed by atoms with van der Waals surface area (Å²) in [7, 11) is 0. The summed E-state index contributed by atoms with van der Waals surface area (Å²) < 4.78 is 43.6. The normalized spacial score (nSPS) is 11.2. The fourth-order valence-electron chi connectivity index (χ4n) is 2.77. The second kappa shape index (κ2) is 10.4. The lowest BCUT2D eigenvalue weighted by Gasteiger charge is -2.09. The number of hydrogen-bond donors (Lipinski definition) is 2. The molecule has 7 nitrogen and oxygen atoms in total. The number of rotatable bonds is 5. The number of benzene rings is 3. The molecule has 0 bridgehead atoms. The molecule has 0 spiro atoms. The molecule has 10 heteroatoms. The summed E-state index contributed by atoms with van der Waals surface area (Å²) >= 11 is 0. The zero-order chi connectivity index (χ0) is 24.7. The topological polar surface area (TPSA) is 96.9 Å². The third-order valence-electron chi connectivity index (χ3n) is 4.36. The van der Waals surface area contributed by atoms with E-state index in [1.807, 2.05) is 18.4 Å². The van der Waals surface area contributed by atoms with Crippen molar-refractivity contribution in [2.24, 2.45) is 5.10 Å². The van der Waals surface area contributed by atoms with Gasteiger partial charge in [0, 0.05) is 5.69 Å². The van der Waals surface area contributed by atoms with Gasteiger partial charge in [-0.1, -0.05) is 35.9 Å². The predicted molar refractivity (Wildman–Crippen MR) is 118 cm³/mol. The Morgan fingerprint density at radius 3 is 2.38 bits per heavy atom. The molecule has 0 unspecified atom stereocenters. The number of aryl methyl sites for hydroxylation is 1. The van der Waals surface area contributed by atoms with E-state index in [1.54, 1.807) is 36.4 Å². The van der Waals surface area contributed by atoms with Gasteiger partial charge in [0.25, 0.3) is 0 Å². The monoisotopic (exact) mass is 469 g/mol. The van der Waals surface area contributed by atoms with Crippen molar-refractivity contribution in [3.63, 3.8) is 0 Å². The third-order valence-corrected chi connectivity index (χ3v) is 4.36. The van der Waals surface area contributed by atoms with Gasteiger partial charge in [-0.05, 0) is 55.0 Å². The number of ether oxygens (including phenoxy) is 1. The Hall–Kier alpha value is -4.47. The maximum Gasteiger partial charge on any atom is 0.416 e. The molecule has 3 aromatic rings. The van der Waals surface area contributed by atoms with Crippen molar-refractivity contribution in [1.82, 2.24) is 5.43 Å². The van der Waals surface area contributed by atoms with Gasteiger partial charge >= 0.3 is 24.0 Å². The summed E-state index contributed by atoms with van der Waals surface area (Å²) in [5.41, 5.74) is 2.56. The van der Waals surface area contributed by atoms with Crippen LogP contribution in [0.2, 0.25) is 0 Å². The molecule has 174 valence electrons. The van der Waals surface area contributed by atoms with E-state index < -0.39 is 29.5 Å². The number of hydrazone groups is 1. The summed E-state index contributed by atoms with van der Waals surface area (Å²) in [5, 5.41) is 5.72. The highest BCUT2D eigenvalue weighted by Gasteiger charge is 2.30.